The van der Waals surface area contributed by atoms with Crippen molar-refractivity contribution >= 4 is 0 Å². The number of hydrogen-bond acceptors (Lipinski definition) is 2. The second kappa shape index (κ2) is 7.08. The smallest absolute Gasteiger partial charge is 0.00924 e. The average Bonchev–Trinajstić information content (AvgIpc) is 2.90. The van der Waals surface area contributed by atoms with Crippen molar-refractivity contribution in [3.8, 4) is 0 Å². The van der Waals surface area contributed by atoms with Gasteiger partial charge in [-0.1, -0.05) is 39.5 Å². The first kappa shape index (κ1) is 15.3. The highest BCUT2D eigenvalue weighted by atomic mass is 15.1. The summed E-state index contributed by atoms with van der Waals surface area (Å²) >= 11 is 0. The van der Waals surface area contributed by atoms with E-state index in [1.807, 2.05) is 0 Å². The Morgan fingerprint density at radius 2 is 1.89 bits per heavy atom. The van der Waals surface area contributed by atoms with Crippen molar-refractivity contribution in [3.63, 3.8) is 0 Å². The molecule has 0 aromatic carbocycles. The second-order valence-electron chi connectivity index (χ2n) is 7.34. The monoisotopic (exact) mass is 266 g/mol. The Bertz CT molecular complexity index is 260. The van der Waals surface area contributed by atoms with E-state index in [-0.39, 0.29) is 0 Å². The van der Waals surface area contributed by atoms with Crippen molar-refractivity contribution < 1.29 is 0 Å². The predicted octanol–water partition coefficient (Wildman–Crippen LogP) is 3.67. The average molecular weight is 266 g/mol. The molecular formula is C17H34N2. The third kappa shape index (κ3) is 4.19. The van der Waals surface area contributed by atoms with Crippen LogP contribution in [-0.4, -0.2) is 37.6 Å². The molecule has 2 aliphatic rings. The molecule has 0 amide bonds. The highest BCUT2D eigenvalue weighted by Gasteiger charge is 2.36. The zero-order chi connectivity index (χ0) is 13.7. The molecule has 2 nitrogen and oxygen atoms in total. The highest BCUT2D eigenvalue weighted by Crippen LogP contribution is 2.40. The molecular weight excluding hydrogens is 232 g/mol. The van der Waals surface area contributed by atoms with Crippen molar-refractivity contribution in [1.29, 1.82) is 0 Å². The first-order chi connectivity index (χ1) is 9.15. The van der Waals surface area contributed by atoms with Gasteiger partial charge in [-0.2, -0.15) is 0 Å². The normalized spacial score (nSPS) is 33.2. The predicted molar refractivity (Wildman–Crippen MR) is 83.5 cm³/mol. The van der Waals surface area contributed by atoms with Gasteiger partial charge in [0.25, 0.3) is 0 Å². The van der Waals surface area contributed by atoms with Gasteiger partial charge in [0, 0.05) is 19.1 Å². The van der Waals surface area contributed by atoms with E-state index in [2.05, 4.69) is 31.1 Å². The van der Waals surface area contributed by atoms with Gasteiger partial charge >= 0.3 is 0 Å². The van der Waals surface area contributed by atoms with Gasteiger partial charge in [-0.25, -0.2) is 0 Å². The summed E-state index contributed by atoms with van der Waals surface area (Å²) in [5, 5.41) is 3.65. The molecule has 0 aromatic rings. The lowest BCUT2D eigenvalue weighted by atomic mass is 9.69. The third-order valence-corrected chi connectivity index (χ3v) is 5.47. The standard InChI is InChI=1S/C17H34N2/c1-4-18-13-17(11-7-8-15(2)12-17)14-19(3)16-9-5-6-10-16/h15-16,18H,4-14H2,1-3H3. The largest absolute Gasteiger partial charge is 0.316 e. The molecule has 2 aliphatic carbocycles. The third-order valence-electron chi connectivity index (χ3n) is 5.47. The van der Waals surface area contributed by atoms with Crippen molar-refractivity contribution in [3.05, 3.63) is 0 Å². The number of nitrogens with one attached hydrogen (secondary N) is 1. The summed E-state index contributed by atoms with van der Waals surface area (Å²) in [5.41, 5.74) is 0.547. The van der Waals surface area contributed by atoms with Crippen LogP contribution in [0.3, 0.4) is 0 Å². The lowest BCUT2D eigenvalue weighted by molar-refractivity contribution is 0.0740. The van der Waals surface area contributed by atoms with Crippen LogP contribution in [-0.2, 0) is 0 Å². The van der Waals surface area contributed by atoms with Gasteiger partial charge < -0.3 is 10.2 Å². The van der Waals surface area contributed by atoms with Gasteiger partial charge in [0.2, 0.25) is 0 Å². The lowest BCUT2D eigenvalue weighted by Gasteiger charge is -2.44. The molecule has 0 radical (unpaired) electrons. The van der Waals surface area contributed by atoms with Crippen LogP contribution in [0.5, 0.6) is 0 Å². The molecule has 0 saturated heterocycles. The van der Waals surface area contributed by atoms with Gasteiger partial charge in [-0.3, -0.25) is 0 Å². The minimum atomic E-state index is 0.547. The van der Waals surface area contributed by atoms with Gasteiger partial charge in [0.15, 0.2) is 0 Å². The minimum absolute atomic E-state index is 0.547. The van der Waals surface area contributed by atoms with Gasteiger partial charge in [-0.05, 0) is 50.6 Å². The van der Waals surface area contributed by atoms with E-state index < -0.39 is 0 Å². The second-order valence-corrected chi connectivity index (χ2v) is 7.34. The summed E-state index contributed by atoms with van der Waals surface area (Å²) in [6.07, 6.45) is 11.5. The van der Waals surface area contributed by atoms with E-state index in [4.69, 9.17) is 0 Å². The highest BCUT2D eigenvalue weighted by molar-refractivity contribution is 4.91. The van der Waals surface area contributed by atoms with Crippen molar-refractivity contribution in [2.24, 2.45) is 11.3 Å². The summed E-state index contributed by atoms with van der Waals surface area (Å²) in [6, 6.07) is 0.871. The molecule has 0 aliphatic heterocycles. The van der Waals surface area contributed by atoms with Crippen molar-refractivity contribution in [1.82, 2.24) is 10.2 Å². The van der Waals surface area contributed by atoms with Crippen LogP contribution in [0.4, 0.5) is 0 Å². The minimum Gasteiger partial charge on any atom is -0.316 e. The summed E-state index contributed by atoms with van der Waals surface area (Å²) in [4.78, 5) is 2.70. The Morgan fingerprint density at radius 1 is 1.16 bits per heavy atom. The van der Waals surface area contributed by atoms with Gasteiger partial charge in [-0.15, -0.1) is 0 Å². The van der Waals surface area contributed by atoms with Crippen LogP contribution in [0.1, 0.15) is 65.2 Å². The van der Waals surface area contributed by atoms with Crippen LogP contribution >= 0.6 is 0 Å². The summed E-state index contributed by atoms with van der Waals surface area (Å²) in [7, 11) is 2.38. The first-order valence-electron chi connectivity index (χ1n) is 8.56. The summed E-state index contributed by atoms with van der Waals surface area (Å²) < 4.78 is 0. The zero-order valence-electron chi connectivity index (χ0n) is 13.4. The van der Waals surface area contributed by atoms with Gasteiger partial charge in [0.1, 0.15) is 0 Å². The van der Waals surface area contributed by atoms with Crippen LogP contribution in [0, 0.1) is 11.3 Å². The molecule has 0 bridgehead atoms. The maximum absolute atomic E-state index is 3.65. The number of nitrogens with zero attached hydrogens (tertiary/aromatic N) is 1. The van der Waals surface area contributed by atoms with Gasteiger partial charge in [0.05, 0.1) is 0 Å². The molecule has 2 heteroatoms. The van der Waals surface area contributed by atoms with E-state index in [0.717, 1.165) is 18.5 Å². The molecule has 1 N–H and O–H groups in total. The summed E-state index contributed by atoms with van der Waals surface area (Å²) in [5.74, 6) is 0.921. The fourth-order valence-corrected chi connectivity index (χ4v) is 4.52. The van der Waals surface area contributed by atoms with E-state index in [1.54, 1.807) is 0 Å². The number of rotatable bonds is 6. The Hall–Kier alpha value is -0.0800. The first-order valence-corrected chi connectivity index (χ1v) is 8.56. The van der Waals surface area contributed by atoms with E-state index in [1.165, 1.54) is 64.5 Å². The fraction of sp³-hybridized carbons (Fsp3) is 1.00. The quantitative estimate of drug-likeness (QED) is 0.789. The molecule has 2 unspecified atom stereocenters. The SMILES string of the molecule is CCNCC1(CN(C)C2CCCC2)CCCC(C)C1. The molecule has 2 saturated carbocycles. The zero-order valence-corrected chi connectivity index (χ0v) is 13.4. The van der Waals surface area contributed by atoms with Crippen LogP contribution in [0.2, 0.25) is 0 Å². The topological polar surface area (TPSA) is 15.3 Å². The molecule has 19 heavy (non-hydrogen) atoms. The fourth-order valence-electron chi connectivity index (χ4n) is 4.52. The van der Waals surface area contributed by atoms with E-state index >= 15 is 0 Å². The molecule has 2 rings (SSSR count). The maximum Gasteiger partial charge on any atom is 0.00924 e. The molecule has 112 valence electrons. The molecule has 0 aromatic heterocycles. The summed E-state index contributed by atoms with van der Waals surface area (Å²) in [6.45, 7) is 8.35. The Kier molecular flexibility index (Phi) is 5.70. The van der Waals surface area contributed by atoms with Crippen molar-refractivity contribution in [2.45, 2.75) is 71.3 Å². The van der Waals surface area contributed by atoms with E-state index in [0.29, 0.717) is 5.41 Å². The van der Waals surface area contributed by atoms with E-state index in [9.17, 15) is 0 Å². The van der Waals surface area contributed by atoms with Crippen LogP contribution in [0.25, 0.3) is 0 Å². The Labute approximate surface area is 120 Å². The van der Waals surface area contributed by atoms with Crippen molar-refractivity contribution in [2.75, 3.05) is 26.7 Å². The lowest BCUT2D eigenvalue weighted by Crippen LogP contribution is -2.47. The Balaban J connectivity index is 1.95. The number of hydrogen-bond donors (Lipinski definition) is 1. The van der Waals surface area contributed by atoms with Crippen LogP contribution < -0.4 is 5.32 Å². The van der Waals surface area contributed by atoms with Crippen LogP contribution in [0.15, 0.2) is 0 Å². The molecule has 0 heterocycles. The maximum atomic E-state index is 3.65. The molecule has 2 atom stereocenters. The Morgan fingerprint density at radius 3 is 2.53 bits per heavy atom. The molecule has 0 spiro atoms. The molecule has 2 fully saturated rings.